The third-order valence-corrected chi connectivity index (χ3v) is 5.97. The highest BCUT2D eigenvalue weighted by Gasteiger charge is 2.51. The van der Waals surface area contributed by atoms with Crippen LogP contribution < -0.4 is 5.32 Å². The van der Waals surface area contributed by atoms with Gasteiger partial charge in [-0.15, -0.1) is 6.58 Å². The first-order valence-electron chi connectivity index (χ1n) is 10.6. The fraction of sp³-hybridized carbons (Fsp3) is 0.609. The van der Waals surface area contributed by atoms with E-state index in [1.807, 2.05) is 31.2 Å². The zero-order valence-corrected chi connectivity index (χ0v) is 17.6. The molecule has 7 nitrogen and oxygen atoms in total. The Bertz CT molecular complexity index is 719. The van der Waals surface area contributed by atoms with Gasteiger partial charge in [-0.25, -0.2) is 0 Å². The number of carbonyl (C=O) groups excluding carboxylic acids is 1. The van der Waals surface area contributed by atoms with E-state index in [-0.39, 0.29) is 38.1 Å². The summed E-state index contributed by atoms with van der Waals surface area (Å²) in [5.74, 6) is -0.315. The van der Waals surface area contributed by atoms with E-state index in [1.54, 1.807) is 6.08 Å². The summed E-state index contributed by atoms with van der Waals surface area (Å²) >= 11 is 0. The van der Waals surface area contributed by atoms with Crippen molar-refractivity contribution in [2.45, 2.75) is 69.2 Å². The van der Waals surface area contributed by atoms with Crippen molar-refractivity contribution in [3.05, 3.63) is 48.0 Å². The molecule has 3 N–H and O–H groups in total. The van der Waals surface area contributed by atoms with E-state index in [4.69, 9.17) is 14.2 Å². The molecule has 2 aliphatic rings. The zero-order valence-electron chi connectivity index (χ0n) is 17.6. The molecule has 1 heterocycles. The molecule has 1 saturated carbocycles. The van der Waals surface area contributed by atoms with Crippen molar-refractivity contribution in [3.63, 3.8) is 0 Å². The molecular formula is C23H33NO6. The summed E-state index contributed by atoms with van der Waals surface area (Å²) in [5.41, 5.74) is 0.710. The van der Waals surface area contributed by atoms with Crippen molar-refractivity contribution in [1.29, 1.82) is 0 Å². The molecule has 30 heavy (non-hydrogen) atoms. The van der Waals surface area contributed by atoms with Gasteiger partial charge in [-0.1, -0.05) is 30.3 Å². The normalized spacial score (nSPS) is 31.4. The van der Waals surface area contributed by atoms with E-state index in [0.717, 1.165) is 24.0 Å². The average Bonchev–Trinajstić information content (AvgIpc) is 3.26. The number of rotatable bonds is 9. The Morgan fingerprint density at radius 1 is 1.37 bits per heavy atom. The number of aliphatic hydroxyl groups excluding tert-OH is 2. The predicted octanol–water partition coefficient (Wildman–Crippen LogP) is 1.63. The van der Waals surface area contributed by atoms with Gasteiger partial charge < -0.3 is 29.7 Å². The van der Waals surface area contributed by atoms with Crippen LogP contribution in [0.5, 0.6) is 0 Å². The molecule has 7 heteroatoms. The Labute approximate surface area is 178 Å². The van der Waals surface area contributed by atoms with Gasteiger partial charge in [-0.3, -0.25) is 4.79 Å². The van der Waals surface area contributed by atoms with Gasteiger partial charge in [0.05, 0.1) is 31.5 Å². The SMILES string of the molecule is C=CCOC1C[C@](OCc2ccccc2C)(C(=O)NCC2CCCO2)C[C@@H](O)[C@H]1O. The van der Waals surface area contributed by atoms with Gasteiger partial charge in [0.15, 0.2) is 5.60 Å². The lowest BCUT2D eigenvalue weighted by Gasteiger charge is -2.44. The molecule has 0 aromatic heterocycles. The van der Waals surface area contributed by atoms with Crippen LogP contribution in [0.1, 0.15) is 36.8 Å². The number of aryl methyl sites for hydroxylation is 1. The molecule has 3 rings (SSSR count). The molecule has 0 spiro atoms. The highest BCUT2D eigenvalue weighted by atomic mass is 16.5. The summed E-state index contributed by atoms with van der Waals surface area (Å²) in [4.78, 5) is 13.3. The van der Waals surface area contributed by atoms with E-state index >= 15 is 0 Å². The maximum Gasteiger partial charge on any atom is 0.252 e. The molecule has 1 aliphatic heterocycles. The molecule has 1 amide bonds. The number of ether oxygens (including phenoxy) is 3. The van der Waals surface area contributed by atoms with Crippen molar-refractivity contribution in [1.82, 2.24) is 5.32 Å². The second kappa shape index (κ2) is 10.5. The Kier molecular flexibility index (Phi) is 8.02. The Balaban J connectivity index is 1.78. The van der Waals surface area contributed by atoms with Gasteiger partial charge in [0, 0.05) is 26.0 Å². The smallest absolute Gasteiger partial charge is 0.252 e. The molecule has 2 fully saturated rings. The van der Waals surface area contributed by atoms with Gasteiger partial charge in [-0.2, -0.15) is 0 Å². The molecule has 1 saturated heterocycles. The Morgan fingerprint density at radius 3 is 2.87 bits per heavy atom. The topological polar surface area (TPSA) is 97.3 Å². The summed E-state index contributed by atoms with van der Waals surface area (Å²) in [6.07, 6.45) is 0.618. The number of nitrogens with one attached hydrogen (secondary N) is 1. The minimum absolute atomic E-state index is 0.00529. The van der Waals surface area contributed by atoms with Gasteiger partial charge >= 0.3 is 0 Å². The predicted molar refractivity (Wildman–Crippen MR) is 112 cm³/mol. The molecule has 1 aromatic rings. The summed E-state index contributed by atoms with van der Waals surface area (Å²) in [6.45, 7) is 7.14. The van der Waals surface area contributed by atoms with Crippen LogP contribution in [-0.4, -0.2) is 65.9 Å². The van der Waals surface area contributed by atoms with Gasteiger partial charge in [0.2, 0.25) is 0 Å². The number of hydrogen-bond donors (Lipinski definition) is 3. The zero-order chi connectivity index (χ0) is 21.6. The highest BCUT2D eigenvalue weighted by molar-refractivity contribution is 5.85. The van der Waals surface area contributed by atoms with Crippen LogP contribution in [0.2, 0.25) is 0 Å². The second-order valence-electron chi connectivity index (χ2n) is 8.18. The molecule has 0 radical (unpaired) electrons. The first-order valence-corrected chi connectivity index (χ1v) is 10.6. The molecular weight excluding hydrogens is 386 g/mol. The molecule has 1 aromatic carbocycles. The third kappa shape index (κ3) is 5.47. The molecule has 0 bridgehead atoms. The van der Waals surface area contributed by atoms with Crippen LogP contribution in [0.3, 0.4) is 0 Å². The fourth-order valence-electron chi connectivity index (χ4n) is 4.11. The van der Waals surface area contributed by atoms with Crippen molar-refractivity contribution >= 4 is 5.91 Å². The average molecular weight is 420 g/mol. The minimum Gasteiger partial charge on any atom is -0.390 e. The van der Waals surface area contributed by atoms with Crippen LogP contribution in [0.4, 0.5) is 0 Å². The number of benzene rings is 1. The lowest BCUT2D eigenvalue weighted by Crippen LogP contribution is -2.61. The van der Waals surface area contributed by atoms with Crippen molar-refractivity contribution in [2.75, 3.05) is 19.8 Å². The van der Waals surface area contributed by atoms with Crippen LogP contribution in [0.15, 0.2) is 36.9 Å². The number of aliphatic hydroxyl groups is 2. The van der Waals surface area contributed by atoms with Gasteiger partial charge in [0.25, 0.3) is 5.91 Å². The Hall–Kier alpha value is -1.77. The summed E-state index contributed by atoms with van der Waals surface area (Å²) in [7, 11) is 0. The molecule has 2 unspecified atom stereocenters. The van der Waals surface area contributed by atoms with Crippen molar-refractivity contribution < 1.29 is 29.2 Å². The van der Waals surface area contributed by atoms with Crippen molar-refractivity contribution in [2.24, 2.45) is 0 Å². The monoisotopic (exact) mass is 419 g/mol. The van der Waals surface area contributed by atoms with E-state index in [1.165, 1.54) is 0 Å². The van der Waals surface area contributed by atoms with Crippen LogP contribution in [0, 0.1) is 6.92 Å². The summed E-state index contributed by atoms with van der Waals surface area (Å²) in [6, 6.07) is 7.81. The van der Waals surface area contributed by atoms with Gasteiger partial charge in [0.1, 0.15) is 6.10 Å². The number of amides is 1. The number of hydrogen-bond acceptors (Lipinski definition) is 6. The van der Waals surface area contributed by atoms with E-state index in [0.29, 0.717) is 13.2 Å². The molecule has 1 aliphatic carbocycles. The van der Waals surface area contributed by atoms with E-state index < -0.39 is 23.9 Å². The van der Waals surface area contributed by atoms with E-state index in [2.05, 4.69) is 11.9 Å². The van der Waals surface area contributed by atoms with Crippen molar-refractivity contribution in [3.8, 4) is 0 Å². The van der Waals surface area contributed by atoms with Crippen LogP contribution in [-0.2, 0) is 25.6 Å². The van der Waals surface area contributed by atoms with Crippen LogP contribution >= 0.6 is 0 Å². The highest BCUT2D eigenvalue weighted by Crippen LogP contribution is 2.35. The number of carbonyl (C=O) groups is 1. The first-order chi connectivity index (χ1) is 14.4. The minimum atomic E-state index is -1.31. The quantitative estimate of drug-likeness (QED) is 0.527. The third-order valence-electron chi connectivity index (χ3n) is 5.97. The largest absolute Gasteiger partial charge is 0.390 e. The molecule has 166 valence electrons. The maximum atomic E-state index is 13.3. The Morgan fingerprint density at radius 2 is 2.17 bits per heavy atom. The maximum absolute atomic E-state index is 13.3. The summed E-state index contributed by atoms with van der Waals surface area (Å²) < 4.78 is 17.5. The lowest BCUT2D eigenvalue weighted by molar-refractivity contribution is -0.196. The second-order valence-corrected chi connectivity index (χ2v) is 8.18. The molecule has 5 atom stereocenters. The first kappa shape index (κ1) is 22.9. The summed E-state index contributed by atoms with van der Waals surface area (Å²) in [5, 5.41) is 23.9. The van der Waals surface area contributed by atoms with Gasteiger partial charge in [-0.05, 0) is 30.9 Å². The fourth-order valence-corrected chi connectivity index (χ4v) is 4.11. The standard InChI is InChI=1S/C23H33NO6/c1-3-10-29-20-13-23(12-19(25)21(20)26,22(27)24-14-18-9-6-11-28-18)30-15-17-8-5-4-7-16(17)2/h3-5,7-8,18-21,25-26H,1,6,9-15H2,2H3,(H,24,27)/t18?,19-,20?,21-,23+/m1/s1. The van der Waals surface area contributed by atoms with Crippen LogP contribution in [0.25, 0.3) is 0 Å². The lowest BCUT2D eigenvalue weighted by atomic mass is 9.78. The van der Waals surface area contributed by atoms with E-state index in [9.17, 15) is 15.0 Å².